The molecule has 12 rings (SSSR count). The highest BCUT2D eigenvalue weighted by Gasteiger charge is 2.35. The van der Waals surface area contributed by atoms with Gasteiger partial charge in [0, 0.05) is 96.8 Å². The lowest BCUT2D eigenvalue weighted by Gasteiger charge is -2.24. The van der Waals surface area contributed by atoms with E-state index >= 15 is 17.6 Å². The van der Waals surface area contributed by atoms with Gasteiger partial charge in [0.2, 0.25) is 0 Å². The summed E-state index contributed by atoms with van der Waals surface area (Å²) in [5.74, 6) is 2.81. The molecule has 8 aromatic heterocycles. The van der Waals surface area contributed by atoms with E-state index in [2.05, 4.69) is 102 Å². The van der Waals surface area contributed by atoms with Gasteiger partial charge in [0.1, 0.15) is 45.3 Å². The SMILES string of the molecule is CCCCC(CC)COc1c(OCC(CC)CCCC)c(-c2ccc(-c3cc(F)c(-c4ccc(-c5c(OCC(CC)CCCC)c(OCC(CC)CCCC)c(-c6cc7c(-c8cc(F)c(CC(CC)CCCC)s8)c8sc(C)cc8c(-c8cc(F)c(CC(CC)CCCC)s8)c7s6)c6nsnc56)s4)cc3F)s2)c2nsnc2c1C. The molecule has 0 amide bonds. The van der Waals surface area contributed by atoms with Crippen LogP contribution < -0.4 is 18.9 Å². The molecule has 6 unspecified atom stereocenters. The van der Waals surface area contributed by atoms with E-state index in [1.807, 2.05) is 31.2 Å². The van der Waals surface area contributed by atoms with Crippen molar-refractivity contribution in [2.45, 2.75) is 264 Å². The van der Waals surface area contributed by atoms with Crippen molar-refractivity contribution in [1.82, 2.24) is 17.5 Å². The van der Waals surface area contributed by atoms with Crippen molar-refractivity contribution in [2.24, 2.45) is 35.5 Å². The van der Waals surface area contributed by atoms with Crippen molar-refractivity contribution in [2.75, 3.05) is 26.4 Å². The molecule has 0 saturated carbocycles. The van der Waals surface area contributed by atoms with Crippen LogP contribution in [-0.2, 0) is 12.8 Å². The third kappa shape index (κ3) is 19.7. The Kier molecular flexibility index (Phi) is 32.0. The minimum absolute atomic E-state index is 0.134. The molecule has 8 heterocycles. The molecule has 0 N–H and O–H groups in total. The molecule has 0 spiro atoms. The normalized spacial score (nSPS) is 13.7. The number of hydrogen-bond acceptors (Lipinski definition) is 16. The molecular formula is C94H118F4N4O4S8. The van der Waals surface area contributed by atoms with Crippen LogP contribution in [0.25, 0.3) is 115 Å². The highest BCUT2D eigenvalue weighted by molar-refractivity contribution is 7.25. The van der Waals surface area contributed by atoms with Crippen molar-refractivity contribution >= 4 is 134 Å². The molecule has 0 aliphatic rings. The Labute approximate surface area is 707 Å². The quantitative estimate of drug-likeness (QED) is 0.0349. The summed E-state index contributed by atoms with van der Waals surface area (Å²) >= 11 is 11.5. The predicted octanol–water partition coefficient (Wildman–Crippen LogP) is 33.1. The molecule has 114 heavy (non-hydrogen) atoms. The molecule has 0 aliphatic carbocycles. The molecule has 614 valence electrons. The average molecular weight is 1700 g/mol. The molecule has 4 aromatic carbocycles. The van der Waals surface area contributed by atoms with E-state index in [9.17, 15) is 0 Å². The zero-order valence-electron chi connectivity index (χ0n) is 69.7. The Morgan fingerprint density at radius 1 is 0.316 bits per heavy atom. The number of unbranched alkanes of at least 4 members (excludes halogenated alkanes) is 6. The number of halogens is 4. The summed E-state index contributed by atoms with van der Waals surface area (Å²) in [6.45, 7) is 32.7. The van der Waals surface area contributed by atoms with E-state index in [1.54, 1.807) is 57.5 Å². The van der Waals surface area contributed by atoms with Gasteiger partial charge >= 0.3 is 0 Å². The zero-order chi connectivity index (χ0) is 80.7. The second kappa shape index (κ2) is 41.7. The van der Waals surface area contributed by atoms with E-state index < -0.39 is 11.6 Å². The predicted molar refractivity (Wildman–Crippen MR) is 487 cm³/mol. The molecule has 20 heteroatoms. The maximum Gasteiger partial charge on any atom is 0.172 e. The Bertz CT molecular complexity index is 5010. The number of fused-ring (bicyclic) bond motifs is 4. The van der Waals surface area contributed by atoms with Crippen LogP contribution in [0.2, 0.25) is 0 Å². The first-order valence-electron chi connectivity index (χ1n) is 42.9. The summed E-state index contributed by atoms with van der Waals surface area (Å²) in [6, 6.07) is 18.5. The lowest BCUT2D eigenvalue weighted by molar-refractivity contribution is 0.199. The molecule has 6 atom stereocenters. The summed E-state index contributed by atoms with van der Waals surface area (Å²) < 4.78 is 121. The van der Waals surface area contributed by atoms with Crippen molar-refractivity contribution in [1.29, 1.82) is 0 Å². The smallest absolute Gasteiger partial charge is 0.172 e. The molecular weight excluding hydrogens is 1580 g/mol. The molecule has 0 bridgehead atoms. The minimum atomic E-state index is -0.561. The number of hydrogen-bond donors (Lipinski definition) is 0. The van der Waals surface area contributed by atoms with Gasteiger partial charge in [-0.05, 0) is 149 Å². The number of ether oxygens (including phenoxy) is 4. The first kappa shape index (κ1) is 87.5. The highest BCUT2D eigenvalue weighted by atomic mass is 32.1. The maximum absolute atomic E-state index is 17.7. The van der Waals surface area contributed by atoms with Crippen LogP contribution in [-0.4, -0.2) is 43.9 Å². The van der Waals surface area contributed by atoms with Crippen molar-refractivity contribution < 1.29 is 36.5 Å². The van der Waals surface area contributed by atoms with Crippen LogP contribution in [0.5, 0.6) is 23.0 Å². The summed E-state index contributed by atoms with van der Waals surface area (Å²) in [4.78, 5) is 7.94. The Morgan fingerprint density at radius 2 is 0.640 bits per heavy atom. The first-order chi connectivity index (χ1) is 55.5. The Morgan fingerprint density at radius 3 is 1.04 bits per heavy atom. The molecule has 12 aromatic rings. The number of nitrogens with zero attached hydrogens (tertiary/aromatic N) is 4. The fraction of sp³-hybridized carbons (Fsp3) is 0.532. The fourth-order valence-corrected chi connectivity index (χ4v) is 24.4. The topological polar surface area (TPSA) is 88.5 Å². The van der Waals surface area contributed by atoms with Crippen molar-refractivity contribution in [3.63, 3.8) is 0 Å². The lowest BCUT2D eigenvalue weighted by Crippen LogP contribution is -2.15. The number of benzene rings is 4. The first-order valence-corrected chi connectivity index (χ1v) is 49.2. The van der Waals surface area contributed by atoms with Crippen LogP contribution in [0.15, 0.2) is 60.7 Å². The average Bonchev–Trinajstić information content (AvgIpc) is 1.53. The molecule has 0 radical (unpaired) electrons. The van der Waals surface area contributed by atoms with Gasteiger partial charge in [-0.1, -0.05) is 212 Å². The second-order valence-corrected chi connectivity index (χ2v) is 39.6. The van der Waals surface area contributed by atoms with Gasteiger partial charge < -0.3 is 18.9 Å². The summed E-state index contributed by atoms with van der Waals surface area (Å²) in [5.41, 5.74) is 8.01. The van der Waals surface area contributed by atoms with Crippen molar-refractivity contribution in [3.05, 3.63) is 104 Å². The van der Waals surface area contributed by atoms with E-state index in [-0.39, 0.29) is 34.6 Å². The number of aromatic nitrogens is 4. The molecule has 0 fully saturated rings. The molecule has 0 saturated heterocycles. The van der Waals surface area contributed by atoms with Gasteiger partial charge in [0.05, 0.1) is 66.6 Å². The van der Waals surface area contributed by atoms with Gasteiger partial charge in [-0.15, -0.1) is 68.0 Å². The maximum atomic E-state index is 17.7. The third-order valence-electron chi connectivity index (χ3n) is 23.7. The minimum Gasteiger partial charge on any atom is -0.489 e. The van der Waals surface area contributed by atoms with Gasteiger partial charge in [0.25, 0.3) is 0 Å². The third-order valence-corrected chi connectivity index (χ3v) is 31.5. The van der Waals surface area contributed by atoms with Gasteiger partial charge in [-0.25, -0.2) is 17.6 Å². The number of rotatable bonds is 47. The van der Waals surface area contributed by atoms with Gasteiger partial charge in [-0.3, -0.25) is 0 Å². The summed E-state index contributed by atoms with van der Waals surface area (Å²) in [7, 11) is 0. The largest absolute Gasteiger partial charge is 0.489 e. The van der Waals surface area contributed by atoms with E-state index in [4.69, 9.17) is 36.4 Å². The summed E-state index contributed by atoms with van der Waals surface area (Å²) in [5, 5.41) is 1.99. The Balaban J connectivity index is 1.02. The lowest BCUT2D eigenvalue weighted by atomic mass is 9.95. The van der Waals surface area contributed by atoms with Crippen LogP contribution in [0.1, 0.15) is 257 Å². The second-order valence-electron chi connectivity index (χ2n) is 31.7. The van der Waals surface area contributed by atoms with Gasteiger partial charge in [0.15, 0.2) is 23.0 Å². The van der Waals surface area contributed by atoms with E-state index in [1.165, 1.54) is 34.8 Å². The molecule has 8 nitrogen and oxygen atoms in total. The van der Waals surface area contributed by atoms with Crippen LogP contribution in [0.4, 0.5) is 17.6 Å². The number of thiophene rings is 6. The zero-order valence-corrected chi connectivity index (χ0v) is 76.2. The van der Waals surface area contributed by atoms with E-state index in [0.717, 1.165) is 270 Å². The van der Waals surface area contributed by atoms with Crippen molar-refractivity contribution in [3.8, 4) is 96.1 Å². The Hall–Kier alpha value is -5.84. The highest BCUT2D eigenvalue weighted by Crippen LogP contribution is 2.59. The van der Waals surface area contributed by atoms with Crippen LogP contribution in [0.3, 0.4) is 0 Å². The molecule has 0 aliphatic heterocycles. The monoisotopic (exact) mass is 1700 g/mol. The number of aryl methyl sites for hydroxylation is 2. The van der Waals surface area contributed by atoms with Gasteiger partial charge in [-0.2, -0.15) is 17.5 Å². The van der Waals surface area contributed by atoms with Crippen LogP contribution >= 0.6 is 91.5 Å². The van der Waals surface area contributed by atoms with Crippen LogP contribution in [0, 0.1) is 72.6 Å². The van der Waals surface area contributed by atoms with E-state index in [0.29, 0.717) is 118 Å². The standard InChI is InChI=1S/C94H118F4N4O4S8/c1-15-27-33-57(21-7)44-75-69(97)49-78(110-75)80-65-43-55(13)107-93(65)81(79-50-70(98)76(111-79)45-58(22-8)34-28-16-2)66-48-77(112-94(66)80)84-88-87(101-114-102-88)83(91(105-53-61(25-11)37-31-19-5)92(84)106-54-62(26-12)38-32-20-6)74-42-40-72(109-74)64-47-67(95)63(46-68(64)96)71-39-41-73(108-71)82-86-85(99-113-100-86)56(14)89(103-51-59(23-9)35-29-17-3)90(82)104-52-60(24-10)36-30-18-4/h39-43,46-50,57-62H,15-38,44-45,51-54H2,1-14H3. The summed E-state index contributed by atoms with van der Waals surface area (Å²) in [6.07, 6.45) is 26.3. The fourth-order valence-electron chi connectivity index (χ4n) is 16.1.